The highest BCUT2D eigenvalue weighted by atomic mass is 35.5. The smallest absolute Gasteiger partial charge is 0.444 e. The molecule has 1 aliphatic rings. The Hall–Kier alpha value is -6.85. The summed E-state index contributed by atoms with van der Waals surface area (Å²) in [5.41, 5.74) is 0.456. The number of hydrogen-bond donors (Lipinski definition) is 4. The quantitative estimate of drug-likeness (QED) is 0.0937. The van der Waals surface area contributed by atoms with E-state index in [0.717, 1.165) is 0 Å². The Kier molecular flexibility index (Phi) is 17.7. The molecule has 4 aromatic heterocycles. The highest BCUT2D eigenvalue weighted by Crippen LogP contribution is 2.37. The average Bonchev–Trinajstić information content (AvgIpc) is 3.92. The topological polar surface area (TPSA) is 232 Å². The van der Waals surface area contributed by atoms with Crippen LogP contribution >= 0.6 is 11.6 Å². The first-order valence-electron chi connectivity index (χ1n) is 22.9. The third-order valence-corrected chi connectivity index (χ3v) is 11.2. The fraction of sp³-hybridized carbons (Fsp3) is 0.458. The second kappa shape index (κ2) is 22.7. The molecule has 7 rings (SSSR count). The van der Waals surface area contributed by atoms with Gasteiger partial charge in [0.2, 0.25) is 17.2 Å². The molecule has 1 saturated heterocycles. The molecule has 0 bridgehead atoms. The van der Waals surface area contributed by atoms with Gasteiger partial charge in [0.15, 0.2) is 17.5 Å². The van der Waals surface area contributed by atoms with Gasteiger partial charge in [-0.3, -0.25) is 9.36 Å². The lowest BCUT2D eigenvalue weighted by Gasteiger charge is -2.32. The van der Waals surface area contributed by atoms with E-state index in [1.54, 1.807) is 128 Å². The highest BCUT2D eigenvalue weighted by molar-refractivity contribution is 6.62. The zero-order chi connectivity index (χ0) is 53.5. The molecule has 0 spiro atoms. The predicted octanol–water partition coefficient (Wildman–Crippen LogP) is 9.07. The fourth-order valence-corrected chi connectivity index (χ4v) is 6.95. The van der Waals surface area contributed by atoms with Crippen LogP contribution in [0.25, 0.3) is 11.4 Å². The molecule has 1 aliphatic heterocycles. The first-order chi connectivity index (χ1) is 33.4. The number of carbonyl (C=O) groups excluding carboxylic acids is 2. The number of hydrogen-bond acceptors (Lipinski definition) is 16. The molecular weight excluding hydrogens is 953 g/mol. The van der Waals surface area contributed by atoms with Crippen molar-refractivity contribution in [2.75, 3.05) is 10.6 Å². The number of aromatic nitrogens is 10. The van der Waals surface area contributed by atoms with Gasteiger partial charge in [0.05, 0.1) is 28.8 Å². The van der Waals surface area contributed by atoms with Crippen LogP contribution < -0.4 is 26.7 Å². The van der Waals surface area contributed by atoms with E-state index >= 15 is 8.78 Å². The Morgan fingerprint density at radius 3 is 1.57 bits per heavy atom. The Labute approximate surface area is 424 Å². The van der Waals surface area contributed by atoms with Crippen molar-refractivity contribution in [3.63, 3.8) is 0 Å². The molecule has 1 fully saturated rings. The minimum absolute atomic E-state index is 0.151. The number of halogens is 3. The monoisotopic (exact) mass is 1020 g/mol. The van der Waals surface area contributed by atoms with Gasteiger partial charge in [-0.25, -0.2) is 38.3 Å². The first-order valence-corrected chi connectivity index (χ1v) is 23.3. The normalized spacial score (nSPS) is 14.7. The summed E-state index contributed by atoms with van der Waals surface area (Å²) in [6, 6.07) is 9.50. The number of benzene rings is 2. The molecular formula is C48H64BClF2N14O6. The molecule has 2 atom stereocenters. The summed E-state index contributed by atoms with van der Waals surface area (Å²) in [5.74, 6) is 1.19. The summed E-state index contributed by atoms with van der Waals surface area (Å²) in [6.07, 6.45) is 5.13. The standard InChI is InChI=1S/C21H26FN7O2.C20H31BFNO4.C7H7ClN6/c1-12-14(13(2)25-20(30)31-21(3,4)5)7-8-15(17(12)22)18-23-11-24-19(27-18)26-16-9-10-29(6)28-16;1-12-14(13(2)23-17(24)25-18(3,4)5)10-11-15(16(12)22)21-26-19(6,7)20(8,9)27-21;1-14-3-2-5(13-14)11-7-10-4-9-6(8)12-7/h7-11,13H,1-6H3,(H,25,30)(H,23,24,26,27,28);10-11,13H,1-9H3,(H,23,24);2-4H,1H3,(H,9,10,11,12,13)/t2*13-;/m11./s1. The summed E-state index contributed by atoms with van der Waals surface area (Å²) >= 11 is 5.59. The van der Waals surface area contributed by atoms with E-state index in [-0.39, 0.29) is 28.4 Å². The summed E-state index contributed by atoms with van der Waals surface area (Å²) in [7, 11) is 2.85. The minimum atomic E-state index is -0.767. The lowest BCUT2D eigenvalue weighted by molar-refractivity contribution is 0.00578. The van der Waals surface area contributed by atoms with Crippen molar-refractivity contribution in [1.29, 1.82) is 0 Å². The molecule has 72 heavy (non-hydrogen) atoms. The van der Waals surface area contributed by atoms with E-state index in [4.69, 9.17) is 30.4 Å². The van der Waals surface area contributed by atoms with Gasteiger partial charge in [0.25, 0.3) is 0 Å². The van der Waals surface area contributed by atoms with Gasteiger partial charge in [-0.2, -0.15) is 20.2 Å². The molecule has 4 N–H and O–H groups in total. The molecule has 0 radical (unpaired) electrons. The predicted molar refractivity (Wildman–Crippen MR) is 270 cm³/mol. The Morgan fingerprint density at radius 1 is 0.681 bits per heavy atom. The van der Waals surface area contributed by atoms with Gasteiger partial charge in [0, 0.05) is 44.1 Å². The van der Waals surface area contributed by atoms with E-state index in [2.05, 4.69) is 61.4 Å². The molecule has 5 heterocycles. The van der Waals surface area contributed by atoms with Crippen molar-refractivity contribution in [3.8, 4) is 11.4 Å². The zero-order valence-corrected chi connectivity index (χ0v) is 44.3. The van der Waals surface area contributed by atoms with Crippen molar-refractivity contribution in [2.24, 2.45) is 14.1 Å². The van der Waals surface area contributed by atoms with E-state index in [1.807, 2.05) is 40.9 Å². The maximum atomic E-state index is 15.2. The average molecular weight is 1020 g/mol. The highest BCUT2D eigenvalue weighted by Gasteiger charge is 2.52. The van der Waals surface area contributed by atoms with E-state index < -0.39 is 59.6 Å². The second-order valence-corrected chi connectivity index (χ2v) is 20.2. The van der Waals surface area contributed by atoms with Crippen molar-refractivity contribution in [1.82, 2.24) is 60.1 Å². The van der Waals surface area contributed by atoms with Crippen molar-refractivity contribution < 1.29 is 37.2 Å². The SMILES string of the molecule is Cc1c([C@@H](C)NC(=O)OC(C)(C)C)ccc(-c2ncnc(Nc3ccn(C)n3)n2)c1F.Cc1c([C@@H](C)NC(=O)OC(C)(C)C)ccc(B2OC(C)(C)C(C)(C)O2)c1F.Cn1ccc(Nc2ncnc(Cl)n2)n1. The van der Waals surface area contributed by atoms with E-state index in [9.17, 15) is 9.59 Å². The first kappa shape index (κ1) is 56.1. The molecule has 0 unspecified atom stereocenters. The third kappa shape index (κ3) is 15.3. The van der Waals surface area contributed by atoms with Crippen LogP contribution in [-0.4, -0.2) is 91.2 Å². The van der Waals surface area contributed by atoms with Gasteiger partial charge in [-0.15, -0.1) is 0 Å². The van der Waals surface area contributed by atoms with Crippen LogP contribution in [0, 0.1) is 25.5 Å². The molecule has 2 amide bonds. The zero-order valence-electron chi connectivity index (χ0n) is 43.6. The Morgan fingerprint density at radius 2 is 1.12 bits per heavy atom. The number of alkyl carbamates (subject to hydrolysis) is 2. The van der Waals surface area contributed by atoms with Gasteiger partial charge in [-0.05, 0) is 137 Å². The number of nitrogens with zero attached hydrogens (tertiary/aromatic N) is 10. The summed E-state index contributed by atoms with van der Waals surface area (Å²) in [6.45, 7) is 25.3. The number of amides is 2. The third-order valence-electron chi connectivity index (χ3n) is 11.1. The van der Waals surface area contributed by atoms with Gasteiger partial charge >= 0.3 is 19.3 Å². The van der Waals surface area contributed by atoms with E-state index in [1.165, 1.54) is 12.7 Å². The number of nitrogens with one attached hydrogen (secondary N) is 4. The van der Waals surface area contributed by atoms with Crippen molar-refractivity contribution in [2.45, 2.75) is 131 Å². The van der Waals surface area contributed by atoms with Crippen LogP contribution in [0.3, 0.4) is 0 Å². The molecule has 0 saturated carbocycles. The van der Waals surface area contributed by atoms with Crippen LogP contribution in [0.2, 0.25) is 5.28 Å². The molecule has 0 aliphatic carbocycles. The molecule has 20 nitrogen and oxygen atoms in total. The van der Waals surface area contributed by atoms with Gasteiger partial charge in [-0.1, -0.05) is 18.2 Å². The molecule has 386 valence electrons. The molecule has 2 aromatic carbocycles. The number of carbonyl (C=O) groups is 2. The number of ether oxygens (including phenoxy) is 2. The Bertz CT molecular complexity index is 2840. The van der Waals surface area contributed by atoms with Crippen LogP contribution in [0.5, 0.6) is 0 Å². The molecule has 24 heteroatoms. The minimum Gasteiger partial charge on any atom is -0.444 e. The maximum absolute atomic E-state index is 15.2. The van der Waals surface area contributed by atoms with Crippen molar-refractivity contribution in [3.05, 3.63) is 101 Å². The summed E-state index contributed by atoms with van der Waals surface area (Å²) < 4.78 is 56.0. The molecule has 6 aromatic rings. The second-order valence-electron chi connectivity index (χ2n) is 19.9. The Balaban J connectivity index is 0.000000214. The van der Waals surface area contributed by atoms with E-state index in [0.29, 0.717) is 45.3 Å². The van der Waals surface area contributed by atoms with Gasteiger partial charge in [0.1, 0.15) is 35.5 Å². The number of rotatable bonds is 10. The summed E-state index contributed by atoms with van der Waals surface area (Å²) in [4.78, 5) is 47.9. The number of aryl methyl sites for hydroxylation is 2. The fourth-order valence-electron chi connectivity index (χ4n) is 6.82. The largest absolute Gasteiger partial charge is 0.497 e. The van der Waals surface area contributed by atoms with Crippen molar-refractivity contribution >= 4 is 59.9 Å². The summed E-state index contributed by atoms with van der Waals surface area (Å²) in [5, 5.41) is 19.8. The number of anilines is 4. The van der Waals surface area contributed by atoms with Crippen LogP contribution in [0.1, 0.15) is 117 Å². The van der Waals surface area contributed by atoms with Gasteiger partial charge < -0.3 is 40.0 Å². The van der Waals surface area contributed by atoms with Crippen LogP contribution in [-0.2, 0) is 32.9 Å². The maximum Gasteiger partial charge on any atom is 0.497 e. The lowest BCUT2D eigenvalue weighted by atomic mass is 9.76. The lowest BCUT2D eigenvalue weighted by Crippen LogP contribution is -2.41. The van der Waals surface area contributed by atoms with Crippen LogP contribution in [0.4, 0.5) is 41.9 Å². The van der Waals surface area contributed by atoms with Crippen LogP contribution in [0.15, 0.2) is 61.4 Å².